The van der Waals surface area contributed by atoms with Crippen molar-refractivity contribution in [3.05, 3.63) is 71.3 Å². The molecule has 0 saturated carbocycles. The smallest absolute Gasteiger partial charge is 0.251 e. The molecule has 3 rings (SSSR count). The maximum absolute atomic E-state index is 13.3. The molecule has 0 bridgehead atoms. The van der Waals surface area contributed by atoms with E-state index in [1.807, 2.05) is 13.0 Å². The van der Waals surface area contributed by atoms with Gasteiger partial charge < -0.3 is 5.32 Å². The van der Waals surface area contributed by atoms with E-state index in [0.717, 1.165) is 51.4 Å². The highest BCUT2D eigenvalue weighted by molar-refractivity contribution is 5.94. The van der Waals surface area contributed by atoms with E-state index in [4.69, 9.17) is 0 Å². The predicted octanol–water partition coefficient (Wildman–Crippen LogP) is 2.90. The molecule has 1 fully saturated rings. The summed E-state index contributed by atoms with van der Waals surface area (Å²) in [6, 6.07) is 13.5. The molecule has 2 aromatic carbocycles. The number of hydrogen-bond acceptors (Lipinski definition) is 3. The largest absolute Gasteiger partial charge is 0.348 e. The molecule has 0 aromatic heterocycles. The van der Waals surface area contributed by atoms with Crippen molar-refractivity contribution in [3.63, 3.8) is 0 Å². The lowest BCUT2D eigenvalue weighted by Crippen LogP contribution is -2.50. The van der Waals surface area contributed by atoms with Crippen LogP contribution in [0, 0.1) is 11.6 Å². The van der Waals surface area contributed by atoms with Gasteiger partial charge in [-0.05, 0) is 30.7 Å². The van der Waals surface area contributed by atoms with Crippen molar-refractivity contribution in [1.82, 2.24) is 15.1 Å². The number of nitrogens with zero attached hydrogens (tertiary/aromatic N) is 2. The second-order valence-corrected chi connectivity index (χ2v) is 7.07. The molecule has 144 valence electrons. The maximum Gasteiger partial charge on any atom is 0.251 e. The number of carbonyl (C=O) groups is 1. The topological polar surface area (TPSA) is 35.6 Å². The normalized spacial score (nSPS) is 16.9. The Morgan fingerprint density at radius 3 is 2.33 bits per heavy atom. The standard InChI is InChI=1S/C21H25F2N3O/c1-16(24-21(27)18-7-8-19(22)20(23)13-18)14-25-9-11-26(12-10-25)15-17-5-3-2-4-6-17/h2-8,13,16H,9-12,14-15H2,1H3,(H,24,27)/t16-/m0/s1. The van der Waals surface area contributed by atoms with Crippen molar-refractivity contribution in [3.8, 4) is 0 Å². The second-order valence-electron chi connectivity index (χ2n) is 7.07. The zero-order valence-corrected chi connectivity index (χ0v) is 15.5. The van der Waals surface area contributed by atoms with Crippen LogP contribution in [-0.2, 0) is 6.54 Å². The van der Waals surface area contributed by atoms with E-state index >= 15 is 0 Å². The molecule has 1 aliphatic rings. The van der Waals surface area contributed by atoms with Gasteiger partial charge >= 0.3 is 0 Å². The Labute approximate surface area is 158 Å². The predicted molar refractivity (Wildman–Crippen MR) is 101 cm³/mol. The number of halogens is 2. The zero-order valence-electron chi connectivity index (χ0n) is 15.5. The summed E-state index contributed by atoms with van der Waals surface area (Å²) in [5, 5.41) is 2.86. The number of piperazine rings is 1. The molecule has 4 nitrogen and oxygen atoms in total. The fraction of sp³-hybridized carbons (Fsp3) is 0.381. The minimum atomic E-state index is -1.01. The van der Waals surface area contributed by atoms with Gasteiger partial charge in [-0.2, -0.15) is 0 Å². The molecule has 1 amide bonds. The quantitative estimate of drug-likeness (QED) is 0.846. The Hall–Kier alpha value is -2.31. The molecule has 1 atom stereocenters. The van der Waals surface area contributed by atoms with Crippen LogP contribution in [0.1, 0.15) is 22.8 Å². The number of nitrogens with one attached hydrogen (secondary N) is 1. The van der Waals surface area contributed by atoms with E-state index in [9.17, 15) is 13.6 Å². The van der Waals surface area contributed by atoms with E-state index in [1.165, 1.54) is 11.6 Å². The van der Waals surface area contributed by atoms with Crippen LogP contribution < -0.4 is 5.32 Å². The number of amides is 1. The first-order chi connectivity index (χ1) is 13.0. The van der Waals surface area contributed by atoms with Gasteiger partial charge in [-0.1, -0.05) is 30.3 Å². The molecular weight excluding hydrogens is 348 g/mol. The van der Waals surface area contributed by atoms with Crippen molar-refractivity contribution >= 4 is 5.91 Å². The Morgan fingerprint density at radius 2 is 1.67 bits per heavy atom. The monoisotopic (exact) mass is 373 g/mol. The van der Waals surface area contributed by atoms with Gasteiger partial charge in [0.1, 0.15) is 0 Å². The average molecular weight is 373 g/mol. The van der Waals surface area contributed by atoms with Gasteiger partial charge in [-0.15, -0.1) is 0 Å². The summed E-state index contributed by atoms with van der Waals surface area (Å²) >= 11 is 0. The van der Waals surface area contributed by atoms with Crippen molar-refractivity contribution in [2.24, 2.45) is 0 Å². The molecule has 6 heteroatoms. The van der Waals surface area contributed by atoms with Gasteiger partial charge in [0.05, 0.1) is 0 Å². The van der Waals surface area contributed by atoms with E-state index in [1.54, 1.807) is 0 Å². The van der Waals surface area contributed by atoms with Gasteiger partial charge in [-0.3, -0.25) is 14.6 Å². The van der Waals surface area contributed by atoms with Gasteiger partial charge in [-0.25, -0.2) is 8.78 Å². The zero-order chi connectivity index (χ0) is 19.2. The number of benzene rings is 2. The van der Waals surface area contributed by atoms with Crippen LogP contribution in [0.5, 0.6) is 0 Å². The average Bonchev–Trinajstić information content (AvgIpc) is 2.66. The van der Waals surface area contributed by atoms with E-state index in [0.29, 0.717) is 0 Å². The van der Waals surface area contributed by atoms with Gasteiger partial charge in [0.2, 0.25) is 0 Å². The van der Waals surface area contributed by atoms with Gasteiger partial charge in [0.15, 0.2) is 11.6 Å². The van der Waals surface area contributed by atoms with E-state index < -0.39 is 11.6 Å². The van der Waals surface area contributed by atoms with Crippen LogP contribution in [0.3, 0.4) is 0 Å². The van der Waals surface area contributed by atoms with Crippen LogP contribution >= 0.6 is 0 Å². The Balaban J connectivity index is 1.43. The second kappa shape index (κ2) is 9.06. The highest BCUT2D eigenvalue weighted by Crippen LogP contribution is 2.10. The fourth-order valence-corrected chi connectivity index (χ4v) is 3.35. The minimum Gasteiger partial charge on any atom is -0.348 e. The van der Waals surface area contributed by atoms with Crippen molar-refractivity contribution < 1.29 is 13.6 Å². The van der Waals surface area contributed by atoms with Crippen LogP contribution in [0.2, 0.25) is 0 Å². The van der Waals surface area contributed by atoms with Gasteiger partial charge in [0.25, 0.3) is 5.91 Å². The van der Waals surface area contributed by atoms with Crippen LogP contribution in [0.25, 0.3) is 0 Å². The lowest BCUT2D eigenvalue weighted by molar-refractivity contribution is 0.0900. The van der Waals surface area contributed by atoms with E-state index in [2.05, 4.69) is 39.4 Å². The Morgan fingerprint density at radius 1 is 1.00 bits per heavy atom. The van der Waals surface area contributed by atoms with Crippen LogP contribution in [-0.4, -0.2) is 54.5 Å². The molecule has 27 heavy (non-hydrogen) atoms. The van der Waals surface area contributed by atoms with E-state index in [-0.39, 0.29) is 17.5 Å². The SMILES string of the molecule is C[C@@H](CN1CCN(Cc2ccccc2)CC1)NC(=O)c1ccc(F)c(F)c1. The summed E-state index contributed by atoms with van der Waals surface area (Å²) in [5.74, 6) is -2.35. The molecule has 0 radical (unpaired) electrons. The summed E-state index contributed by atoms with van der Waals surface area (Å²) in [6.07, 6.45) is 0. The van der Waals surface area contributed by atoms with Crippen molar-refractivity contribution in [2.45, 2.75) is 19.5 Å². The molecule has 1 N–H and O–H groups in total. The molecular formula is C21H25F2N3O. The lowest BCUT2D eigenvalue weighted by Gasteiger charge is -2.36. The molecule has 0 unspecified atom stereocenters. The molecule has 0 spiro atoms. The first-order valence-electron chi connectivity index (χ1n) is 9.26. The highest BCUT2D eigenvalue weighted by atomic mass is 19.2. The molecule has 1 saturated heterocycles. The number of hydrogen-bond donors (Lipinski definition) is 1. The number of rotatable bonds is 6. The lowest BCUT2D eigenvalue weighted by atomic mass is 10.1. The third kappa shape index (κ3) is 5.58. The first kappa shape index (κ1) is 19.5. The highest BCUT2D eigenvalue weighted by Gasteiger charge is 2.20. The first-order valence-corrected chi connectivity index (χ1v) is 9.26. The van der Waals surface area contributed by atoms with Crippen LogP contribution in [0.15, 0.2) is 48.5 Å². The maximum atomic E-state index is 13.3. The Bertz CT molecular complexity index is 761. The summed E-state index contributed by atoms with van der Waals surface area (Å²) in [4.78, 5) is 16.9. The summed E-state index contributed by atoms with van der Waals surface area (Å²) in [7, 11) is 0. The minimum absolute atomic E-state index is 0.0775. The third-order valence-corrected chi connectivity index (χ3v) is 4.81. The molecule has 0 aliphatic carbocycles. The molecule has 2 aromatic rings. The van der Waals surface area contributed by atoms with Gasteiger partial charge in [0, 0.05) is 50.9 Å². The fourth-order valence-electron chi connectivity index (χ4n) is 3.35. The van der Waals surface area contributed by atoms with Crippen LogP contribution in [0.4, 0.5) is 8.78 Å². The van der Waals surface area contributed by atoms with Crippen molar-refractivity contribution in [1.29, 1.82) is 0 Å². The summed E-state index contributed by atoms with van der Waals surface area (Å²) in [5.41, 5.74) is 1.45. The Kier molecular flexibility index (Phi) is 6.53. The number of carbonyl (C=O) groups excluding carboxylic acids is 1. The van der Waals surface area contributed by atoms with Crippen molar-refractivity contribution in [2.75, 3.05) is 32.7 Å². The molecule has 1 aliphatic heterocycles. The molecule has 1 heterocycles. The summed E-state index contributed by atoms with van der Waals surface area (Å²) < 4.78 is 26.3. The third-order valence-electron chi connectivity index (χ3n) is 4.81. The summed E-state index contributed by atoms with van der Waals surface area (Å²) in [6.45, 7) is 7.47.